The van der Waals surface area contributed by atoms with Crippen molar-refractivity contribution in [1.82, 2.24) is 9.88 Å². The van der Waals surface area contributed by atoms with Gasteiger partial charge in [-0.1, -0.05) is 24.1 Å². The Labute approximate surface area is 189 Å². The van der Waals surface area contributed by atoms with Crippen LogP contribution in [-0.4, -0.2) is 41.0 Å². The van der Waals surface area contributed by atoms with Gasteiger partial charge in [0.1, 0.15) is 6.10 Å². The highest BCUT2D eigenvalue weighted by Gasteiger charge is 2.26. The minimum Gasteiger partial charge on any atom is -0.474 e. The van der Waals surface area contributed by atoms with E-state index in [-0.39, 0.29) is 24.0 Å². The first-order chi connectivity index (χ1) is 15.4. The number of ether oxygens (including phenoxy) is 1. The normalized spacial score (nSPS) is 16.9. The van der Waals surface area contributed by atoms with Gasteiger partial charge in [-0.2, -0.15) is 0 Å². The molecule has 2 heterocycles. The van der Waals surface area contributed by atoms with Gasteiger partial charge in [-0.3, -0.25) is 4.79 Å². The monoisotopic (exact) mass is 436 g/mol. The maximum Gasteiger partial charge on any atom is 0.321 e. The minimum absolute atomic E-state index is 0.0183. The van der Waals surface area contributed by atoms with E-state index in [4.69, 9.17) is 4.74 Å². The lowest BCUT2D eigenvalue weighted by atomic mass is 9.85. The Morgan fingerprint density at radius 2 is 1.69 bits per heavy atom. The third-order valence-electron chi connectivity index (χ3n) is 6.41. The molecule has 0 atom stereocenters. The van der Waals surface area contributed by atoms with Crippen LogP contribution in [0.4, 0.5) is 16.2 Å². The summed E-state index contributed by atoms with van der Waals surface area (Å²) in [7, 11) is 0. The predicted molar refractivity (Wildman–Crippen MR) is 125 cm³/mol. The van der Waals surface area contributed by atoms with Gasteiger partial charge < -0.3 is 20.3 Å². The molecule has 2 aliphatic rings. The molecule has 0 bridgehead atoms. The average Bonchev–Trinajstić information content (AvgIpc) is 2.71. The number of rotatable bonds is 5. The summed E-state index contributed by atoms with van der Waals surface area (Å²) in [6, 6.07) is 7.72. The third-order valence-corrected chi connectivity index (χ3v) is 6.41. The molecule has 170 valence electrons. The number of likely N-dealkylation sites (tertiary alicyclic amines) is 1. The van der Waals surface area contributed by atoms with Crippen molar-refractivity contribution >= 4 is 23.3 Å². The molecule has 32 heavy (non-hydrogen) atoms. The topological polar surface area (TPSA) is 83.6 Å². The molecule has 1 aliphatic carbocycles. The lowest BCUT2D eigenvalue weighted by molar-refractivity contribution is -0.122. The van der Waals surface area contributed by atoms with Crippen LogP contribution < -0.4 is 15.4 Å². The van der Waals surface area contributed by atoms with Crippen molar-refractivity contribution in [3.8, 4) is 5.88 Å². The molecule has 7 nitrogen and oxygen atoms in total. The summed E-state index contributed by atoms with van der Waals surface area (Å²) >= 11 is 0. The van der Waals surface area contributed by atoms with Gasteiger partial charge in [0.15, 0.2) is 0 Å². The second-order valence-electron chi connectivity index (χ2n) is 9.01. The highest BCUT2D eigenvalue weighted by Crippen LogP contribution is 2.28. The number of pyridine rings is 1. The highest BCUT2D eigenvalue weighted by atomic mass is 16.5. The van der Waals surface area contributed by atoms with Crippen LogP contribution >= 0.6 is 0 Å². The molecule has 1 aromatic heterocycles. The number of carbonyl (C=O) groups is 2. The molecule has 0 spiro atoms. The summed E-state index contributed by atoms with van der Waals surface area (Å²) in [6.07, 6.45) is 6.24. The molecule has 0 radical (unpaired) electrons. The van der Waals surface area contributed by atoms with Gasteiger partial charge in [-0.15, -0.1) is 0 Å². The fraction of sp³-hybridized carbons (Fsp3) is 0.480. The van der Waals surface area contributed by atoms with E-state index < -0.39 is 0 Å². The molecule has 2 N–H and O–H groups in total. The number of hydrogen-bond acceptors (Lipinski definition) is 4. The lowest BCUT2D eigenvalue weighted by Gasteiger charge is -2.32. The van der Waals surface area contributed by atoms with Gasteiger partial charge in [0.25, 0.3) is 0 Å². The maximum atomic E-state index is 12.7. The summed E-state index contributed by atoms with van der Waals surface area (Å²) in [6.45, 7) is 7.37. The first-order valence-electron chi connectivity index (χ1n) is 11.5. The summed E-state index contributed by atoms with van der Waals surface area (Å²) in [5.41, 5.74) is 4.94. The summed E-state index contributed by atoms with van der Waals surface area (Å²) in [5, 5.41) is 5.99. The second kappa shape index (κ2) is 9.59. The molecule has 1 saturated carbocycles. The number of anilines is 2. The Morgan fingerprint density at radius 3 is 2.25 bits per heavy atom. The van der Waals surface area contributed by atoms with Gasteiger partial charge in [0.2, 0.25) is 11.8 Å². The van der Waals surface area contributed by atoms with Crippen LogP contribution in [0.3, 0.4) is 0 Å². The zero-order chi connectivity index (χ0) is 22.7. The van der Waals surface area contributed by atoms with E-state index in [0.29, 0.717) is 24.7 Å². The number of urea groups is 1. The van der Waals surface area contributed by atoms with Crippen molar-refractivity contribution in [3.63, 3.8) is 0 Å². The fourth-order valence-corrected chi connectivity index (χ4v) is 4.35. The lowest BCUT2D eigenvalue weighted by Crippen LogP contribution is -2.44. The van der Waals surface area contributed by atoms with E-state index in [0.717, 1.165) is 48.9 Å². The zero-order valence-electron chi connectivity index (χ0n) is 19.1. The van der Waals surface area contributed by atoms with Crippen molar-refractivity contribution in [3.05, 3.63) is 47.2 Å². The predicted octanol–water partition coefficient (Wildman–Crippen LogP) is 4.82. The van der Waals surface area contributed by atoms with E-state index in [9.17, 15) is 9.59 Å². The van der Waals surface area contributed by atoms with Gasteiger partial charge >= 0.3 is 6.03 Å². The van der Waals surface area contributed by atoms with Crippen molar-refractivity contribution in [2.45, 2.75) is 59.0 Å². The van der Waals surface area contributed by atoms with Gasteiger partial charge in [0, 0.05) is 43.6 Å². The summed E-state index contributed by atoms with van der Waals surface area (Å²) < 4.78 is 6.01. The first-order valence-corrected chi connectivity index (χ1v) is 11.5. The van der Waals surface area contributed by atoms with Crippen molar-refractivity contribution < 1.29 is 14.3 Å². The molecule has 0 unspecified atom stereocenters. The quantitative estimate of drug-likeness (QED) is 0.704. The van der Waals surface area contributed by atoms with Crippen LogP contribution in [0.2, 0.25) is 0 Å². The maximum absolute atomic E-state index is 12.7. The molecule has 1 saturated heterocycles. The average molecular weight is 437 g/mol. The number of hydrogen-bond donors (Lipinski definition) is 2. The number of benzene rings is 1. The number of amides is 3. The Morgan fingerprint density at radius 1 is 1.00 bits per heavy atom. The number of aryl methyl sites for hydroxylation is 3. The Kier molecular flexibility index (Phi) is 6.63. The smallest absolute Gasteiger partial charge is 0.321 e. The Hall–Kier alpha value is -3.09. The van der Waals surface area contributed by atoms with E-state index in [1.54, 1.807) is 12.3 Å². The first kappa shape index (κ1) is 22.1. The van der Waals surface area contributed by atoms with Crippen LogP contribution in [0, 0.1) is 26.7 Å². The van der Waals surface area contributed by atoms with E-state index in [2.05, 4.69) is 34.7 Å². The van der Waals surface area contributed by atoms with Crippen LogP contribution in [-0.2, 0) is 4.79 Å². The van der Waals surface area contributed by atoms with Crippen molar-refractivity contribution in [2.75, 3.05) is 23.7 Å². The Bertz CT molecular complexity index is 954. The molecule has 2 aromatic rings. The van der Waals surface area contributed by atoms with Gasteiger partial charge in [0.05, 0.1) is 11.9 Å². The van der Waals surface area contributed by atoms with Crippen LogP contribution in [0.25, 0.3) is 0 Å². The number of nitrogens with zero attached hydrogens (tertiary/aromatic N) is 2. The number of nitrogens with one attached hydrogen (secondary N) is 2. The third kappa shape index (κ3) is 5.21. The Balaban J connectivity index is 1.25. The molecule has 1 aliphatic heterocycles. The molecular weight excluding hydrogens is 404 g/mol. The molecular formula is C25H32N4O3. The fourth-order valence-electron chi connectivity index (χ4n) is 4.35. The minimum atomic E-state index is -0.0665. The molecule has 7 heteroatoms. The zero-order valence-corrected chi connectivity index (χ0v) is 19.1. The number of carbonyl (C=O) groups excluding carboxylic acids is 2. The van der Waals surface area contributed by atoms with Crippen molar-refractivity contribution in [1.29, 1.82) is 0 Å². The van der Waals surface area contributed by atoms with Gasteiger partial charge in [-0.25, -0.2) is 9.78 Å². The molecule has 1 aromatic carbocycles. The standard InChI is InChI=1S/C25H32N4O3/c1-16-13-17(2)23(18(3)14-16)28-25(31)29-11-9-21(10-12-29)32-22-8-7-20(15-26-22)27-24(30)19-5-4-6-19/h7-8,13-15,19,21H,4-6,9-12H2,1-3H3,(H,27,30)(H,28,31). The van der Waals surface area contributed by atoms with E-state index >= 15 is 0 Å². The summed E-state index contributed by atoms with van der Waals surface area (Å²) in [4.78, 5) is 31.0. The van der Waals surface area contributed by atoms with Crippen molar-refractivity contribution in [2.24, 2.45) is 5.92 Å². The molecule has 4 rings (SSSR count). The van der Waals surface area contributed by atoms with E-state index in [1.165, 1.54) is 5.56 Å². The largest absolute Gasteiger partial charge is 0.474 e. The number of aromatic nitrogens is 1. The second-order valence-corrected chi connectivity index (χ2v) is 9.01. The number of piperidine rings is 1. The van der Waals surface area contributed by atoms with E-state index in [1.807, 2.05) is 24.8 Å². The van der Waals surface area contributed by atoms with Crippen LogP contribution in [0.1, 0.15) is 48.8 Å². The van der Waals surface area contributed by atoms with Gasteiger partial charge in [-0.05, 0) is 50.8 Å². The highest BCUT2D eigenvalue weighted by molar-refractivity contribution is 5.93. The SMILES string of the molecule is Cc1cc(C)c(NC(=O)N2CCC(Oc3ccc(NC(=O)C4CCC4)cn3)CC2)c(C)c1. The molecule has 3 amide bonds. The summed E-state index contributed by atoms with van der Waals surface area (Å²) in [5.74, 6) is 0.765. The van der Waals surface area contributed by atoms with Crippen LogP contribution in [0.15, 0.2) is 30.5 Å². The van der Waals surface area contributed by atoms with Crippen LogP contribution in [0.5, 0.6) is 5.88 Å². The molecule has 2 fully saturated rings.